The Balaban J connectivity index is 2.17. The largest absolute Gasteiger partial charge is 0.504 e. The fourth-order valence-electron chi connectivity index (χ4n) is 2.08. The summed E-state index contributed by atoms with van der Waals surface area (Å²) in [5, 5.41) is 9.80. The smallest absolute Gasteiger partial charge is 0.160 e. The van der Waals surface area contributed by atoms with E-state index in [1.165, 1.54) is 5.69 Å². The molecule has 0 saturated heterocycles. The van der Waals surface area contributed by atoms with Crippen molar-refractivity contribution < 1.29 is 9.84 Å². The molecule has 0 unspecified atom stereocenters. The molecule has 2 rings (SSSR count). The molecule has 0 aromatic heterocycles. The maximum Gasteiger partial charge on any atom is 0.160 e. The zero-order valence-electron chi connectivity index (χ0n) is 11.3. The van der Waals surface area contributed by atoms with Crippen molar-refractivity contribution in [2.24, 2.45) is 0 Å². The van der Waals surface area contributed by atoms with E-state index in [-0.39, 0.29) is 5.75 Å². The summed E-state index contributed by atoms with van der Waals surface area (Å²) in [7, 11) is 1.55. The summed E-state index contributed by atoms with van der Waals surface area (Å²) in [6.45, 7) is 3.80. The average molecular weight is 257 g/mol. The first-order valence-electron chi connectivity index (χ1n) is 6.40. The van der Waals surface area contributed by atoms with Crippen molar-refractivity contribution in [1.29, 1.82) is 0 Å². The van der Waals surface area contributed by atoms with Crippen LogP contribution >= 0.6 is 0 Å². The van der Waals surface area contributed by atoms with Crippen LogP contribution < -0.4 is 9.64 Å². The minimum atomic E-state index is 0.184. The number of para-hydroxylation sites is 1. The lowest BCUT2D eigenvalue weighted by molar-refractivity contribution is 0.373. The Kier molecular flexibility index (Phi) is 4.29. The van der Waals surface area contributed by atoms with E-state index >= 15 is 0 Å². The minimum absolute atomic E-state index is 0.184. The van der Waals surface area contributed by atoms with E-state index in [1.807, 2.05) is 24.3 Å². The molecule has 0 fully saturated rings. The Morgan fingerprint density at radius 3 is 2.42 bits per heavy atom. The van der Waals surface area contributed by atoms with Crippen molar-refractivity contribution in [2.45, 2.75) is 13.5 Å². The number of hydrogen-bond acceptors (Lipinski definition) is 3. The van der Waals surface area contributed by atoms with E-state index in [0.717, 1.165) is 18.7 Å². The summed E-state index contributed by atoms with van der Waals surface area (Å²) < 4.78 is 5.05. The highest BCUT2D eigenvalue weighted by Gasteiger charge is 2.07. The first kappa shape index (κ1) is 13.3. The number of phenolic OH excluding ortho intramolecular Hbond substituents is 1. The van der Waals surface area contributed by atoms with Crippen molar-refractivity contribution in [3.63, 3.8) is 0 Å². The summed E-state index contributed by atoms with van der Waals surface area (Å²) in [4.78, 5) is 2.25. The SMILES string of the molecule is CCN(Cc1ccc(OC)c(O)c1)c1ccccc1. The summed E-state index contributed by atoms with van der Waals surface area (Å²) in [5.41, 5.74) is 2.24. The van der Waals surface area contributed by atoms with Gasteiger partial charge in [0.1, 0.15) is 0 Å². The number of rotatable bonds is 5. The van der Waals surface area contributed by atoms with Gasteiger partial charge in [-0.2, -0.15) is 0 Å². The summed E-state index contributed by atoms with van der Waals surface area (Å²) in [5.74, 6) is 0.690. The van der Waals surface area contributed by atoms with Gasteiger partial charge in [-0.25, -0.2) is 0 Å². The highest BCUT2D eigenvalue weighted by molar-refractivity contribution is 5.48. The molecular formula is C16H19NO2. The molecule has 3 heteroatoms. The number of hydrogen-bond donors (Lipinski definition) is 1. The minimum Gasteiger partial charge on any atom is -0.504 e. The third-order valence-corrected chi connectivity index (χ3v) is 3.12. The summed E-state index contributed by atoms with van der Waals surface area (Å²) in [6.07, 6.45) is 0. The zero-order valence-corrected chi connectivity index (χ0v) is 11.3. The molecule has 0 bridgehead atoms. The van der Waals surface area contributed by atoms with E-state index < -0.39 is 0 Å². The van der Waals surface area contributed by atoms with Crippen LogP contribution in [-0.2, 0) is 6.54 Å². The van der Waals surface area contributed by atoms with Gasteiger partial charge in [0.05, 0.1) is 7.11 Å². The molecule has 0 atom stereocenters. The number of methoxy groups -OCH3 is 1. The van der Waals surface area contributed by atoms with Crippen LogP contribution in [0.1, 0.15) is 12.5 Å². The fraction of sp³-hybridized carbons (Fsp3) is 0.250. The average Bonchev–Trinajstić information content (AvgIpc) is 2.46. The number of anilines is 1. The molecule has 19 heavy (non-hydrogen) atoms. The van der Waals surface area contributed by atoms with Crippen LogP contribution in [0.5, 0.6) is 11.5 Å². The van der Waals surface area contributed by atoms with Gasteiger partial charge in [-0.05, 0) is 36.8 Å². The number of ether oxygens (including phenoxy) is 1. The second-order valence-corrected chi connectivity index (χ2v) is 4.36. The van der Waals surface area contributed by atoms with Gasteiger partial charge in [0, 0.05) is 18.8 Å². The van der Waals surface area contributed by atoms with Gasteiger partial charge < -0.3 is 14.7 Å². The van der Waals surface area contributed by atoms with Crippen molar-refractivity contribution >= 4 is 5.69 Å². The quantitative estimate of drug-likeness (QED) is 0.890. The number of phenols is 1. The van der Waals surface area contributed by atoms with Gasteiger partial charge in [0.2, 0.25) is 0 Å². The van der Waals surface area contributed by atoms with Crippen LogP contribution in [0.15, 0.2) is 48.5 Å². The molecular weight excluding hydrogens is 238 g/mol. The monoisotopic (exact) mass is 257 g/mol. The lowest BCUT2D eigenvalue weighted by Crippen LogP contribution is -2.21. The molecule has 1 N–H and O–H groups in total. The lowest BCUT2D eigenvalue weighted by atomic mass is 10.1. The maximum atomic E-state index is 9.80. The van der Waals surface area contributed by atoms with E-state index in [9.17, 15) is 5.11 Å². The molecule has 2 aromatic rings. The van der Waals surface area contributed by atoms with Crippen LogP contribution in [0.4, 0.5) is 5.69 Å². The van der Waals surface area contributed by atoms with Crippen LogP contribution in [0.25, 0.3) is 0 Å². The van der Waals surface area contributed by atoms with Gasteiger partial charge in [-0.1, -0.05) is 24.3 Å². The molecule has 100 valence electrons. The van der Waals surface area contributed by atoms with E-state index in [1.54, 1.807) is 19.2 Å². The Bertz CT molecular complexity index is 526. The number of benzene rings is 2. The van der Waals surface area contributed by atoms with E-state index in [4.69, 9.17) is 4.74 Å². The predicted molar refractivity (Wildman–Crippen MR) is 77.8 cm³/mol. The van der Waals surface area contributed by atoms with Crippen LogP contribution in [0.2, 0.25) is 0 Å². The molecule has 0 saturated carbocycles. The number of nitrogens with zero attached hydrogens (tertiary/aromatic N) is 1. The fourth-order valence-corrected chi connectivity index (χ4v) is 2.08. The maximum absolute atomic E-state index is 9.80. The van der Waals surface area contributed by atoms with Gasteiger partial charge in [0.15, 0.2) is 11.5 Å². The summed E-state index contributed by atoms with van der Waals surface area (Å²) in [6, 6.07) is 15.8. The van der Waals surface area contributed by atoms with Crippen LogP contribution in [0, 0.1) is 0 Å². The van der Waals surface area contributed by atoms with Crippen molar-refractivity contribution in [3.05, 3.63) is 54.1 Å². The van der Waals surface area contributed by atoms with E-state index in [2.05, 4.69) is 24.0 Å². The summed E-state index contributed by atoms with van der Waals surface area (Å²) >= 11 is 0. The van der Waals surface area contributed by atoms with Gasteiger partial charge >= 0.3 is 0 Å². The van der Waals surface area contributed by atoms with Crippen molar-refractivity contribution in [1.82, 2.24) is 0 Å². The molecule has 0 amide bonds. The lowest BCUT2D eigenvalue weighted by Gasteiger charge is -2.23. The molecule has 0 aliphatic heterocycles. The Morgan fingerprint density at radius 1 is 1.11 bits per heavy atom. The highest BCUT2D eigenvalue weighted by Crippen LogP contribution is 2.27. The first-order chi connectivity index (χ1) is 9.24. The zero-order chi connectivity index (χ0) is 13.7. The first-order valence-corrected chi connectivity index (χ1v) is 6.40. The highest BCUT2D eigenvalue weighted by atomic mass is 16.5. The predicted octanol–water partition coefficient (Wildman–Crippen LogP) is 3.43. The van der Waals surface area contributed by atoms with Gasteiger partial charge in [-0.15, -0.1) is 0 Å². The normalized spacial score (nSPS) is 10.2. The molecule has 0 spiro atoms. The third kappa shape index (κ3) is 3.19. The van der Waals surface area contributed by atoms with E-state index in [0.29, 0.717) is 5.75 Å². The van der Waals surface area contributed by atoms with Crippen molar-refractivity contribution in [2.75, 3.05) is 18.6 Å². The second kappa shape index (κ2) is 6.14. The molecule has 3 nitrogen and oxygen atoms in total. The van der Waals surface area contributed by atoms with Gasteiger partial charge in [0.25, 0.3) is 0 Å². The Hall–Kier alpha value is -2.16. The molecule has 0 heterocycles. The second-order valence-electron chi connectivity index (χ2n) is 4.36. The third-order valence-electron chi connectivity index (χ3n) is 3.12. The molecule has 0 aliphatic carbocycles. The Morgan fingerprint density at radius 2 is 1.84 bits per heavy atom. The topological polar surface area (TPSA) is 32.7 Å². The van der Waals surface area contributed by atoms with Crippen LogP contribution in [-0.4, -0.2) is 18.8 Å². The Labute approximate surface area is 114 Å². The molecule has 0 radical (unpaired) electrons. The molecule has 0 aliphatic rings. The number of aromatic hydroxyl groups is 1. The van der Waals surface area contributed by atoms with Crippen LogP contribution in [0.3, 0.4) is 0 Å². The standard InChI is InChI=1S/C16H19NO2/c1-3-17(14-7-5-4-6-8-14)12-13-9-10-16(19-2)15(18)11-13/h4-11,18H,3,12H2,1-2H3. The molecule has 2 aromatic carbocycles. The van der Waals surface area contributed by atoms with Crippen molar-refractivity contribution in [3.8, 4) is 11.5 Å². The van der Waals surface area contributed by atoms with Gasteiger partial charge in [-0.3, -0.25) is 0 Å².